The number of hydrogen-bond acceptors (Lipinski definition) is 5. The second kappa shape index (κ2) is 5.37. The van der Waals surface area contributed by atoms with Gasteiger partial charge in [0.25, 0.3) is 0 Å². The number of benzene rings is 1. The number of piperidine rings is 1. The number of rotatable bonds is 2. The smallest absolute Gasteiger partial charge is 0.245 e. The second-order valence-corrected chi connectivity index (χ2v) is 5.86. The third-order valence-electron chi connectivity index (χ3n) is 4.24. The predicted molar refractivity (Wildman–Crippen MR) is 82.2 cm³/mol. The fourth-order valence-corrected chi connectivity index (χ4v) is 2.71. The van der Waals surface area contributed by atoms with Crippen LogP contribution in [0.15, 0.2) is 18.2 Å². The maximum atomic E-state index is 9.48. The largest absolute Gasteiger partial charge is 0.508 e. The molecule has 0 aliphatic carbocycles. The first-order chi connectivity index (χ1) is 10.0. The molecule has 1 saturated heterocycles. The Balaban J connectivity index is 1.83. The number of H-pyrrole nitrogens is 1. The highest BCUT2D eigenvalue weighted by Gasteiger charge is 2.25. The summed E-state index contributed by atoms with van der Waals surface area (Å²) in [7, 11) is 0. The Morgan fingerprint density at radius 3 is 2.95 bits per heavy atom. The maximum absolute atomic E-state index is 9.48. The molecule has 2 unspecified atom stereocenters. The average Bonchev–Trinajstić information content (AvgIpc) is 2.91. The van der Waals surface area contributed by atoms with E-state index in [2.05, 4.69) is 27.0 Å². The molecular weight excluding hydrogens is 266 g/mol. The van der Waals surface area contributed by atoms with Crippen LogP contribution in [0, 0.1) is 12.8 Å². The highest BCUT2D eigenvalue weighted by molar-refractivity contribution is 5.62. The number of hydrogen-bond donors (Lipinski definition) is 3. The highest BCUT2D eigenvalue weighted by atomic mass is 16.3. The lowest BCUT2D eigenvalue weighted by atomic mass is 9.95. The molecule has 0 amide bonds. The van der Waals surface area contributed by atoms with Gasteiger partial charge < -0.3 is 15.7 Å². The zero-order valence-electron chi connectivity index (χ0n) is 12.4. The van der Waals surface area contributed by atoms with Crippen molar-refractivity contribution in [1.82, 2.24) is 15.2 Å². The van der Waals surface area contributed by atoms with E-state index >= 15 is 0 Å². The van der Waals surface area contributed by atoms with E-state index < -0.39 is 0 Å². The minimum absolute atomic E-state index is 0.163. The monoisotopic (exact) mass is 287 g/mol. The number of aromatic amines is 1. The molecule has 1 aliphatic rings. The molecule has 1 aromatic carbocycles. The third-order valence-corrected chi connectivity index (χ3v) is 4.24. The molecule has 4 N–H and O–H groups in total. The van der Waals surface area contributed by atoms with Crippen LogP contribution in [-0.2, 0) is 0 Å². The molecule has 21 heavy (non-hydrogen) atoms. The number of phenolic OH excluding ortho intramolecular Hbond substituents is 1. The van der Waals surface area contributed by atoms with Gasteiger partial charge in [0.05, 0.1) is 0 Å². The van der Waals surface area contributed by atoms with E-state index in [0.717, 1.165) is 36.5 Å². The van der Waals surface area contributed by atoms with Crippen molar-refractivity contribution in [2.24, 2.45) is 11.7 Å². The zero-order valence-corrected chi connectivity index (χ0v) is 12.4. The quantitative estimate of drug-likeness (QED) is 0.781. The van der Waals surface area contributed by atoms with Crippen LogP contribution in [0.1, 0.15) is 18.9 Å². The van der Waals surface area contributed by atoms with E-state index in [9.17, 15) is 5.11 Å². The number of aromatic nitrogens is 3. The summed E-state index contributed by atoms with van der Waals surface area (Å²) < 4.78 is 0. The number of nitrogens with zero attached hydrogens (tertiary/aromatic N) is 3. The summed E-state index contributed by atoms with van der Waals surface area (Å²) in [5.74, 6) is 2.21. The van der Waals surface area contributed by atoms with Crippen LogP contribution in [0.25, 0.3) is 11.4 Å². The molecule has 2 aromatic rings. The summed E-state index contributed by atoms with van der Waals surface area (Å²) >= 11 is 0. The molecule has 6 heteroatoms. The molecule has 1 fully saturated rings. The summed E-state index contributed by atoms with van der Waals surface area (Å²) in [5.41, 5.74) is 8.03. The van der Waals surface area contributed by atoms with Crippen molar-refractivity contribution in [3.05, 3.63) is 23.8 Å². The summed E-state index contributed by atoms with van der Waals surface area (Å²) in [5, 5.41) is 16.8. The van der Waals surface area contributed by atoms with Crippen LogP contribution in [0.4, 0.5) is 5.95 Å². The van der Waals surface area contributed by atoms with Crippen molar-refractivity contribution in [1.29, 1.82) is 0 Å². The van der Waals surface area contributed by atoms with Crippen molar-refractivity contribution in [3.63, 3.8) is 0 Å². The van der Waals surface area contributed by atoms with Gasteiger partial charge in [0.1, 0.15) is 5.75 Å². The number of nitrogens with two attached hydrogens (primary N) is 1. The predicted octanol–water partition coefficient (Wildman–Crippen LogP) is 1.66. The molecule has 1 aliphatic heterocycles. The van der Waals surface area contributed by atoms with E-state index in [0.29, 0.717) is 11.9 Å². The molecule has 2 heterocycles. The summed E-state index contributed by atoms with van der Waals surface area (Å²) in [4.78, 5) is 6.70. The van der Waals surface area contributed by atoms with Gasteiger partial charge in [0.2, 0.25) is 5.95 Å². The maximum Gasteiger partial charge on any atom is 0.245 e. The first kappa shape index (κ1) is 13.9. The Morgan fingerprint density at radius 1 is 1.43 bits per heavy atom. The van der Waals surface area contributed by atoms with Gasteiger partial charge >= 0.3 is 0 Å². The fraction of sp³-hybridized carbons (Fsp3) is 0.467. The molecule has 0 bridgehead atoms. The fourth-order valence-electron chi connectivity index (χ4n) is 2.71. The molecule has 112 valence electrons. The van der Waals surface area contributed by atoms with Crippen molar-refractivity contribution in [2.75, 3.05) is 18.0 Å². The van der Waals surface area contributed by atoms with Gasteiger partial charge in [0, 0.05) is 24.7 Å². The molecule has 0 radical (unpaired) electrons. The normalized spacial score (nSPS) is 22.5. The summed E-state index contributed by atoms with van der Waals surface area (Å²) in [6.45, 7) is 5.84. The molecule has 3 rings (SSSR count). The van der Waals surface area contributed by atoms with Crippen molar-refractivity contribution in [3.8, 4) is 17.1 Å². The van der Waals surface area contributed by atoms with Gasteiger partial charge in [-0.15, -0.1) is 5.10 Å². The Labute approximate surface area is 124 Å². The third kappa shape index (κ3) is 2.71. The lowest BCUT2D eigenvalue weighted by molar-refractivity contribution is 0.376. The van der Waals surface area contributed by atoms with Crippen LogP contribution >= 0.6 is 0 Å². The van der Waals surface area contributed by atoms with E-state index in [1.807, 2.05) is 13.0 Å². The number of nitrogens with one attached hydrogen (secondary N) is 1. The van der Waals surface area contributed by atoms with Crippen LogP contribution in [-0.4, -0.2) is 39.4 Å². The van der Waals surface area contributed by atoms with E-state index in [1.54, 1.807) is 12.1 Å². The van der Waals surface area contributed by atoms with Gasteiger partial charge in [-0.1, -0.05) is 6.92 Å². The molecule has 2 atom stereocenters. The van der Waals surface area contributed by atoms with Crippen LogP contribution in [0.3, 0.4) is 0 Å². The lowest BCUT2D eigenvalue weighted by Crippen LogP contribution is -2.48. The second-order valence-electron chi connectivity index (χ2n) is 5.86. The standard InChI is InChI=1S/C15H21N5O/c1-9-5-6-20(8-13(9)16)15-17-14(18-19-15)12-4-3-11(21)7-10(12)2/h3-4,7,9,13,21H,5-6,8,16H2,1-2H3,(H,17,18,19). The number of aryl methyl sites for hydroxylation is 1. The topological polar surface area (TPSA) is 91.1 Å². The van der Waals surface area contributed by atoms with Gasteiger partial charge in [0.15, 0.2) is 5.82 Å². The van der Waals surface area contributed by atoms with Gasteiger partial charge in [-0.05, 0) is 43.0 Å². The SMILES string of the molecule is Cc1cc(O)ccc1-c1nc(N2CCC(C)C(N)C2)n[nH]1. The van der Waals surface area contributed by atoms with Crippen molar-refractivity contribution >= 4 is 5.95 Å². The van der Waals surface area contributed by atoms with Crippen molar-refractivity contribution in [2.45, 2.75) is 26.3 Å². The van der Waals surface area contributed by atoms with E-state index in [4.69, 9.17) is 5.73 Å². The van der Waals surface area contributed by atoms with Crippen LogP contribution in [0.2, 0.25) is 0 Å². The average molecular weight is 287 g/mol. The number of aromatic hydroxyl groups is 1. The zero-order chi connectivity index (χ0) is 15.0. The summed E-state index contributed by atoms with van der Waals surface area (Å²) in [6, 6.07) is 5.38. The van der Waals surface area contributed by atoms with E-state index in [1.165, 1.54) is 0 Å². The lowest BCUT2D eigenvalue weighted by Gasteiger charge is -2.34. The van der Waals surface area contributed by atoms with Crippen molar-refractivity contribution < 1.29 is 5.11 Å². The molecule has 1 aromatic heterocycles. The first-order valence-corrected chi connectivity index (χ1v) is 7.27. The highest BCUT2D eigenvalue weighted by Crippen LogP contribution is 2.26. The number of anilines is 1. The van der Waals surface area contributed by atoms with Gasteiger partial charge in [-0.25, -0.2) is 0 Å². The molecule has 0 spiro atoms. The van der Waals surface area contributed by atoms with Gasteiger partial charge in [-0.3, -0.25) is 5.10 Å². The Hall–Kier alpha value is -2.08. The molecular formula is C15H21N5O. The minimum atomic E-state index is 0.163. The Morgan fingerprint density at radius 2 is 2.24 bits per heavy atom. The minimum Gasteiger partial charge on any atom is -0.508 e. The number of phenols is 1. The first-order valence-electron chi connectivity index (χ1n) is 7.27. The van der Waals surface area contributed by atoms with E-state index in [-0.39, 0.29) is 11.8 Å². The van der Waals surface area contributed by atoms with Crippen LogP contribution < -0.4 is 10.6 Å². The molecule has 6 nitrogen and oxygen atoms in total. The summed E-state index contributed by atoms with van der Waals surface area (Å²) in [6.07, 6.45) is 1.06. The Bertz CT molecular complexity index is 639. The van der Waals surface area contributed by atoms with Crippen LogP contribution in [0.5, 0.6) is 5.75 Å². The Kier molecular flexibility index (Phi) is 3.55. The van der Waals surface area contributed by atoms with Gasteiger partial charge in [-0.2, -0.15) is 4.98 Å². The molecule has 0 saturated carbocycles.